The molecule has 1 aliphatic rings. The van der Waals surface area contributed by atoms with Crippen LogP contribution in [0.2, 0.25) is 0 Å². The number of rotatable bonds is 1. The minimum atomic E-state index is -1.38. The monoisotopic (exact) mass is 212 g/mol. The van der Waals surface area contributed by atoms with Crippen LogP contribution in [0.3, 0.4) is 0 Å². The Kier molecular flexibility index (Phi) is 2.05. The van der Waals surface area contributed by atoms with E-state index in [1.54, 1.807) is 0 Å². The van der Waals surface area contributed by atoms with Crippen molar-refractivity contribution in [2.75, 3.05) is 7.11 Å². The Morgan fingerprint density at radius 2 is 2.13 bits per heavy atom. The Hall–Kier alpha value is -2.09. The summed E-state index contributed by atoms with van der Waals surface area (Å²) in [6, 6.07) is 0. The lowest BCUT2D eigenvalue weighted by molar-refractivity contribution is -0.382. The van der Waals surface area contributed by atoms with Crippen molar-refractivity contribution < 1.29 is 19.4 Å². The van der Waals surface area contributed by atoms with Crippen LogP contribution in [0, 0.1) is 10.4 Å². The van der Waals surface area contributed by atoms with Crippen molar-refractivity contribution in [3.8, 4) is 0 Å². The molecule has 0 bridgehead atoms. The normalized spacial score (nSPS) is 19.5. The van der Waals surface area contributed by atoms with Gasteiger partial charge in [0.2, 0.25) is 5.69 Å². The largest absolute Gasteiger partial charge is 0.612 e. The topological polar surface area (TPSA) is 118 Å². The molecule has 2 rings (SSSR count). The molecule has 1 heterocycles. The molecule has 15 heavy (non-hydrogen) atoms. The molecule has 0 radical (unpaired) electrons. The second kappa shape index (κ2) is 3.24. The molecule has 1 N–H and O–H groups in total. The van der Waals surface area contributed by atoms with Gasteiger partial charge in [0.25, 0.3) is 5.71 Å². The number of hydrogen-bond acceptors (Lipinski definition) is 7. The van der Waals surface area contributed by atoms with Gasteiger partial charge in [0.15, 0.2) is 11.8 Å². The van der Waals surface area contributed by atoms with Crippen molar-refractivity contribution in [3.63, 3.8) is 0 Å². The summed E-state index contributed by atoms with van der Waals surface area (Å²) in [6.07, 6.45) is -0.209. The number of aliphatic hydroxyl groups excluding tert-OH is 1. The van der Waals surface area contributed by atoms with Gasteiger partial charge in [-0.05, 0) is 16.4 Å². The summed E-state index contributed by atoms with van der Waals surface area (Å²) < 4.78 is 9.25. The Balaban J connectivity index is 2.63. The molecule has 0 amide bonds. The SMILES string of the molecule is COC1=CC(O)C(=[N+]([O-])[O-])c2nonc21. The molecule has 8 heteroatoms. The molecule has 0 aromatic carbocycles. The quantitative estimate of drug-likeness (QED) is 0.479. The van der Waals surface area contributed by atoms with Crippen LogP contribution in [0.15, 0.2) is 10.7 Å². The lowest BCUT2D eigenvalue weighted by Gasteiger charge is -2.17. The van der Waals surface area contributed by atoms with Crippen LogP contribution >= 0.6 is 0 Å². The molecule has 1 atom stereocenters. The Morgan fingerprint density at radius 3 is 2.73 bits per heavy atom. The van der Waals surface area contributed by atoms with Crippen LogP contribution in [0.1, 0.15) is 11.4 Å². The van der Waals surface area contributed by atoms with Gasteiger partial charge >= 0.3 is 0 Å². The van der Waals surface area contributed by atoms with Gasteiger partial charge in [0.1, 0.15) is 5.76 Å². The van der Waals surface area contributed by atoms with Gasteiger partial charge in [0.05, 0.1) is 7.11 Å². The summed E-state index contributed by atoms with van der Waals surface area (Å²) in [5.41, 5.74) is -0.451. The third-order valence-electron chi connectivity index (χ3n) is 1.97. The van der Waals surface area contributed by atoms with Crippen molar-refractivity contribution in [1.82, 2.24) is 10.3 Å². The van der Waals surface area contributed by atoms with E-state index in [-0.39, 0.29) is 17.1 Å². The molecular formula is C7H6N3O5-. The van der Waals surface area contributed by atoms with E-state index in [1.165, 1.54) is 13.2 Å². The molecule has 1 unspecified atom stereocenters. The third kappa shape index (κ3) is 1.31. The molecule has 80 valence electrons. The number of aromatic nitrogens is 2. The molecular weight excluding hydrogens is 206 g/mol. The van der Waals surface area contributed by atoms with E-state index < -0.39 is 16.7 Å². The highest BCUT2D eigenvalue weighted by atomic mass is 16.8. The number of fused-ring (bicyclic) bond motifs is 1. The zero-order valence-corrected chi connectivity index (χ0v) is 7.58. The number of hydrogen-bond donors (Lipinski definition) is 1. The van der Waals surface area contributed by atoms with Gasteiger partial charge in [-0.25, -0.2) is 4.63 Å². The van der Waals surface area contributed by atoms with Crippen LogP contribution in [0.25, 0.3) is 5.76 Å². The van der Waals surface area contributed by atoms with E-state index in [4.69, 9.17) is 4.74 Å². The van der Waals surface area contributed by atoms with Crippen LogP contribution in [-0.2, 0) is 4.74 Å². The first-order valence-corrected chi connectivity index (χ1v) is 3.93. The maximum Gasteiger partial charge on any atom is 0.263 e. The average Bonchev–Trinajstić information content (AvgIpc) is 2.63. The summed E-state index contributed by atoms with van der Waals surface area (Å²) in [5.74, 6) is 0.198. The Bertz CT molecular complexity index is 445. The smallest absolute Gasteiger partial charge is 0.263 e. The second-order valence-electron chi connectivity index (χ2n) is 2.78. The molecule has 1 aromatic rings. The first-order chi connectivity index (χ1) is 7.15. The molecule has 0 fully saturated rings. The van der Waals surface area contributed by atoms with Gasteiger partial charge in [-0.2, -0.15) is 4.90 Å². The van der Waals surface area contributed by atoms with Gasteiger partial charge in [-0.3, -0.25) is 0 Å². The lowest BCUT2D eigenvalue weighted by Crippen LogP contribution is -2.30. The summed E-state index contributed by atoms with van der Waals surface area (Å²) in [4.78, 5) is -0.726. The minimum absolute atomic E-state index is 0.105. The number of nitrogens with zero attached hydrogens (tertiary/aromatic N) is 3. The van der Waals surface area contributed by atoms with Gasteiger partial charge in [-0.15, -0.1) is 0 Å². The first-order valence-electron chi connectivity index (χ1n) is 3.93. The standard InChI is InChI=1S/C7H6N3O5/c1-14-4-2-3(11)7(10(12)13)6-5(4)8-15-9-6/h2-3,11H,1H3/q-1. The fraction of sp³-hybridized carbons (Fsp3) is 0.286. The van der Waals surface area contributed by atoms with Crippen molar-refractivity contribution in [2.24, 2.45) is 0 Å². The number of aliphatic hydroxyl groups is 1. The third-order valence-corrected chi connectivity index (χ3v) is 1.97. The summed E-state index contributed by atoms with van der Waals surface area (Å²) in [5, 5.41) is 37.6. The van der Waals surface area contributed by atoms with E-state index in [2.05, 4.69) is 14.9 Å². The molecule has 0 saturated carbocycles. The maximum atomic E-state index is 10.6. The number of ether oxygens (including phenoxy) is 1. The van der Waals surface area contributed by atoms with E-state index in [0.717, 1.165) is 0 Å². The highest BCUT2D eigenvalue weighted by Gasteiger charge is 2.35. The van der Waals surface area contributed by atoms with Crippen molar-refractivity contribution in [1.29, 1.82) is 0 Å². The van der Waals surface area contributed by atoms with Crippen molar-refractivity contribution in [3.05, 3.63) is 27.9 Å². The summed E-state index contributed by atoms with van der Waals surface area (Å²) >= 11 is 0. The van der Waals surface area contributed by atoms with E-state index in [9.17, 15) is 15.5 Å². The highest BCUT2D eigenvalue weighted by molar-refractivity contribution is 6.05. The van der Waals surface area contributed by atoms with Gasteiger partial charge in [-0.1, -0.05) is 0 Å². The minimum Gasteiger partial charge on any atom is -0.612 e. The Morgan fingerprint density at radius 1 is 1.47 bits per heavy atom. The molecule has 1 aromatic heterocycles. The molecule has 1 aliphatic carbocycles. The highest BCUT2D eigenvalue weighted by Crippen LogP contribution is 2.24. The summed E-state index contributed by atoms with van der Waals surface area (Å²) in [6.45, 7) is 0. The zero-order chi connectivity index (χ0) is 11.0. The average molecular weight is 212 g/mol. The number of methoxy groups -OCH3 is 1. The van der Waals surface area contributed by atoms with Crippen molar-refractivity contribution >= 4 is 11.5 Å². The van der Waals surface area contributed by atoms with Crippen LogP contribution < -0.4 is 0 Å². The summed E-state index contributed by atoms with van der Waals surface area (Å²) in [7, 11) is 1.36. The molecule has 8 nitrogen and oxygen atoms in total. The predicted octanol–water partition coefficient (Wildman–Crippen LogP) is -0.771. The van der Waals surface area contributed by atoms with Gasteiger partial charge < -0.3 is 20.3 Å². The molecule has 0 aliphatic heterocycles. The zero-order valence-electron chi connectivity index (χ0n) is 7.58. The fourth-order valence-electron chi connectivity index (χ4n) is 1.32. The maximum absolute atomic E-state index is 10.6. The van der Waals surface area contributed by atoms with Crippen LogP contribution in [-0.4, -0.2) is 39.2 Å². The van der Waals surface area contributed by atoms with Crippen LogP contribution in [0.4, 0.5) is 0 Å². The second-order valence-corrected chi connectivity index (χ2v) is 2.78. The molecule has 0 saturated heterocycles. The van der Waals surface area contributed by atoms with Crippen LogP contribution in [0.5, 0.6) is 0 Å². The van der Waals surface area contributed by atoms with E-state index in [0.29, 0.717) is 0 Å². The first kappa shape index (κ1) is 9.46. The van der Waals surface area contributed by atoms with Gasteiger partial charge in [0, 0.05) is 0 Å². The fourth-order valence-corrected chi connectivity index (χ4v) is 1.32. The Labute approximate surface area is 83.2 Å². The van der Waals surface area contributed by atoms with E-state index in [1.807, 2.05) is 0 Å². The van der Waals surface area contributed by atoms with Crippen molar-refractivity contribution in [2.45, 2.75) is 6.10 Å². The molecule has 0 spiro atoms. The predicted molar refractivity (Wildman–Crippen MR) is 46.4 cm³/mol. The lowest BCUT2D eigenvalue weighted by atomic mass is 10.0. The van der Waals surface area contributed by atoms with E-state index >= 15 is 0 Å².